The summed E-state index contributed by atoms with van der Waals surface area (Å²) in [6.45, 7) is 3.94. The zero-order valence-corrected chi connectivity index (χ0v) is 10.4. The average molecular weight is 249 g/mol. The van der Waals surface area contributed by atoms with Gasteiger partial charge in [0.05, 0.1) is 0 Å². The topological polar surface area (TPSA) is 64.6 Å². The van der Waals surface area contributed by atoms with Crippen molar-refractivity contribution in [2.45, 2.75) is 26.3 Å². The van der Waals surface area contributed by atoms with Gasteiger partial charge in [0.1, 0.15) is 0 Å². The molecule has 1 aromatic rings. The summed E-state index contributed by atoms with van der Waals surface area (Å²) in [5.41, 5.74) is 0.306. The van der Waals surface area contributed by atoms with Crippen molar-refractivity contribution in [3.63, 3.8) is 0 Å². The van der Waals surface area contributed by atoms with E-state index in [1.54, 1.807) is 12.1 Å². The second-order valence-electron chi connectivity index (χ2n) is 4.18. The van der Waals surface area contributed by atoms with Gasteiger partial charge in [-0.15, -0.1) is 0 Å². The number of hydrogen-bond acceptors (Lipinski definition) is 4. The van der Waals surface area contributed by atoms with Crippen molar-refractivity contribution >= 4 is 11.7 Å². The molecule has 96 valence electrons. The smallest absolute Gasteiger partial charge is 0.292 e. The molecule has 1 unspecified atom stereocenters. The van der Waals surface area contributed by atoms with Crippen molar-refractivity contribution in [2.24, 2.45) is 0 Å². The van der Waals surface area contributed by atoms with Crippen LogP contribution in [0.3, 0.4) is 0 Å². The molecule has 0 aliphatic carbocycles. The maximum absolute atomic E-state index is 11.9. The van der Waals surface area contributed by atoms with Gasteiger partial charge in [0.2, 0.25) is 12.6 Å². The van der Waals surface area contributed by atoms with Gasteiger partial charge in [0.15, 0.2) is 11.5 Å². The number of fused-ring (bicyclic) bond motifs is 1. The lowest BCUT2D eigenvalue weighted by atomic mass is 10.1. The van der Waals surface area contributed by atoms with Crippen molar-refractivity contribution in [3.8, 4) is 11.5 Å². The molecule has 2 rings (SSSR count). The Labute approximate surface area is 105 Å². The summed E-state index contributed by atoms with van der Waals surface area (Å²) < 4.78 is 10.3. The maximum atomic E-state index is 11.9. The second kappa shape index (κ2) is 5.08. The summed E-state index contributed by atoms with van der Waals surface area (Å²) in [5, 5.41) is 2.63. The molecule has 1 heterocycles. The molecule has 18 heavy (non-hydrogen) atoms. The number of ketones is 1. The van der Waals surface area contributed by atoms with Crippen LogP contribution in [0.1, 0.15) is 30.6 Å². The van der Waals surface area contributed by atoms with Gasteiger partial charge in [-0.25, -0.2) is 0 Å². The lowest BCUT2D eigenvalue weighted by Gasteiger charge is -2.10. The number of ether oxygens (including phenoxy) is 2. The van der Waals surface area contributed by atoms with Gasteiger partial charge in [-0.3, -0.25) is 9.59 Å². The lowest BCUT2D eigenvalue weighted by molar-refractivity contribution is -0.117. The standard InChI is InChI=1S/C13H15NO4/c1-3-8(2)14-13(16)12(15)9-4-5-10-11(6-9)18-7-17-10/h4-6,8H,3,7H2,1-2H3,(H,14,16). The Morgan fingerprint density at radius 1 is 1.33 bits per heavy atom. The van der Waals surface area contributed by atoms with Gasteiger partial charge < -0.3 is 14.8 Å². The highest BCUT2D eigenvalue weighted by molar-refractivity contribution is 6.42. The molecule has 1 aromatic carbocycles. The van der Waals surface area contributed by atoms with Crippen molar-refractivity contribution < 1.29 is 19.1 Å². The molecule has 1 atom stereocenters. The van der Waals surface area contributed by atoms with E-state index in [1.807, 2.05) is 13.8 Å². The van der Waals surface area contributed by atoms with E-state index in [9.17, 15) is 9.59 Å². The van der Waals surface area contributed by atoms with E-state index in [1.165, 1.54) is 6.07 Å². The molecule has 1 amide bonds. The minimum absolute atomic E-state index is 0.0181. The average Bonchev–Trinajstić information content (AvgIpc) is 2.84. The summed E-state index contributed by atoms with van der Waals surface area (Å²) in [6, 6.07) is 4.70. The maximum Gasteiger partial charge on any atom is 0.292 e. The molecule has 0 aromatic heterocycles. The first-order valence-electron chi connectivity index (χ1n) is 5.86. The van der Waals surface area contributed by atoms with Crippen LogP contribution in [0.15, 0.2) is 18.2 Å². The van der Waals surface area contributed by atoms with E-state index in [4.69, 9.17) is 9.47 Å². The molecule has 1 aliphatic heterocycles. The molecule has 0 bridgehead atoms. The third-order valence-corrected chi connectivity index (χ3v) is 2.83. The summed E-state index contributed by atoms with van der Waals surface area (Å²) >= 11 is 0. The molecule has 0 saturated carbocycles. The van der Waals surface area contributed by atoms with Gasteiger partial charge in [-0.2, -0.15) is 0 Å². The summed E-state index contributed by atoms with van der Waals surface area (Å²) in [4.78, 5) is 23.6. The lowest BCUT2D eigenvalue weighted by Crippen LogP contribution is -2.37. The number of rotatable bonds is 4. The van der Waals surface area contributed by atoms with E-state index in [0.717, 1.165) is 6.42 Å². The van der Waals surface area contributed by atoms with Crippen molar-refractivity contribution in [3.05, 3.63) is 23.8 Å². The first-order chi connectivity index (χ1) is 8.61. The predicted molar refractivity (Wildman–Crippen MR) is 64.8 cm³/mol. The van der Waals surface area contributed by atoms with Crippen molar-refractivity contribution in [1.29, 1.82) is 0 Å². The third-order valence-electron chi connectivity index (χ3n) is 2.83. The number of carbonyl (C=O) groups is 2. The SMILES string of the molecule is CCC(C)NC(=O)C(=O)c1ccc2c(c1)OCO2. The number of benzene rings is 1. The highest BCUT2D eigenvalue weighted by Gasteiger charge is 2.21. The third kappa shape index (κ3) is 2.45. The van der Waals surface area contributed by atoms with Crippen LogP contribution >= 0.6 is 0 Å². The largest absolute Gasteiger partial charge is 0.454 e. The predicted octanol–water partition coefficient (Wildman–Crippen LogP) is 1.51. The van der Waals surface area contributed by atoms with Gasteiger partial charge in [0, 0.05) is 11.6 Å². The molecular formula is C13H15NO4. The number of hydrogen-bond donors (Lipinski definition) is 1. The van der Waals surface area contributed by atoms with Crippen LogP contribution in [0.25, 0.3) is 0 Å². The highest BCUT2D eigenvalue weighted by atomic mass is 16.7. The van der Waals surface area contributed by atoms with Crippen LogP contribution in [0, 0.1) is 0 Å². The van der Waals surface area contributed by atoms with E-state index in [-0.39, 0.29) is 12.8 Å². The fraction of sp³-hybridized carbons (Fsp3) is 0.385. The molecule has 0 saturated heterocycles. The van der Waals surface area contributed by atoms with Gasteiger partial charge >= 0.3 is 0 Å². The molecule has 1 aliphatic rings. The number of amides is 1. The van der Waals surface area contributed by atoms with Crippen molar-refractivity contribution in [2.75, 3.05) is 6.79 Å². The van der Waals surface area contributed by atoms with Crippen LogP contribution < -0.4 is 14.8 Å². The minimum Gasteiger partial charge on any atom is -0.454 e. The Kier molecular flexibility index (Phi) is 3.50. The van der Waals surface area contributed by atoms with Gasteiger partial charge in [0.25, 0.3) is 5.91 Å². The second-order valence-corrected chi connectivity index (χ2v) is 4.18. The van der Waals surface area contributed by atoms with Crippen LogP contribution in [-0.2, 0) is 4.79 Å². The molecule has 5 heteroatoms. The summed E-state index contributed by atoms with van der Waals surface area (Å²) in [5.74, 6) is -0.0668. The van der Waals surface area contributed by atoms with E-state index in [0.29, 0.717) is 17.1 Å². The zero-order chi connectivity index (χ0) is 13.1. The molecular weight excluding hydrogens is 234 g/mol. The Hall–Kier alpha value is -2.04. The first kappa shape index (κ1) is 12.4. The van der Waals surface area contributed by atoms with Crippen molar-refractivity contribution in [1.82, 2.24) is 5.32 Å². The van der Waals surface area contributed by atoms with Gasteiger partial charge in [-0.05, 0) is 31.5 Å². The highest BCUT2D eigenvalue weighted by Crippen LogP contribution is 2.32. The number of carbonyl (C=O) groups excluding carboxylic acids is 2. The Morgan fingerprint density at radius 3 is 2.78 bits per heavy atom. The number of Topliss-reactive ketones (excluding diaryl/α,β-unsaturated/α-hetero) is 1. The monoisotopic (exact) mass is 249 g/mol. The summed E-state index contributed by atoms with van der Waals surface area (Å²) in [7, 11) is 0. The quantitative estimate of drug-likeness (QED) is 0.649. The molecule has 0 radical (unpaired) electrons. The zero-order valence-electron chi connectivity index (χ0n) is 10.4. The minimum atomic E-state index is -0.594. The molecule has 5 nitrogen and oxygen atoms in total. The fourth-order valence-electron chi connectivity index (χ4n) is 1.56. The normalized spacial score (nSPS) is 14.1. The molecule has 0 fully saturated rings. The van der Waals surface area contributed by atoms with Crippen LogP contribution in [0.4, 0.5) is 0 Å². The molecule has 0 spiro atoms. The Bertz CT molecular complexity index is 484. The number of nitrogens with one attached hydrogen (secondary N) is 1. The Morgan fingerprint density at radius 2 is 2.06 bits per heavy atom. The van der Waals surface area contributed by atoms with E-state index < -0.39 is 11.7 Å². The van der Waals surface area contributed by atoms with Gasteiger partial charge in [-0.1, -0.05) is 6.92 Å². The van der Waals surface area contributed by atoms with Crippen LogP contribution in [-0.4, -0.2) is 24.5 Å². The molecule has 1 N–H and O–H groups in total. The Balaban J connectivity index is 2.11. The van der Waals surface area contributed by atoms with Crippen LogP contribution in [0.2, 0.25) is 0 Å². The van der Waals surface area contributed by atoms with E-state index >= 15 is 0 Å². The fourth-order valence-corrected chi connectivity index (χ4v) is 1.56. The first-order valence-corrected chi connectivity index (χ1v) is 5.86. The summed E-state index contributed by atoms with van der Waals surface area (Å²) in [6.07, 6.45) is 0.778. The van der Waals surface area contributed by atoms with E-state index in [2.05, 4.69) is 5.32 Å². The van der Waals surface area contributed by atoms with Crippen LogP contribution in [0.5, 0.6) is 11.5 Å².